The number of amides is 2. The summed E-state index contributed by atoms with van der Waals surface area (Å²) < 4.78 is 6.99. The van der Waals surface area contributed by atoms with E-state index in [1.165, 1.54) is 19.3 Å². The van der Waals surface area contributed by atoms with Gasteiger partial charge in [0.05, 0.1) is 6.10 Å². The minimum atomic E-state index is -0.273. The molecule has 0 aromatic heterocycles. The van der Waals surface area contributed by atoms with Gasteiger partial charge in [-0.3, -0.25) is 19.7 Å². The number of hydrogen-bond acceptors (Lipinski definition) is 6. The highest BCUT2D eigenvalue weighted by Crippen LogP contribution is 2.70. The lowest BCUT2D eigenvalue weighted by atomic mass is 9.44. The first-order valence-electron chi connectivity index (χ1n) is 18.3. The maximum absolute atomic E-state index is 14.4. The molecule has 1 spiro atoms. The topological polar surface area (TPSA) is 99.8 Å². The first kappa shape index (κ1) is 29.9. The number of nitrogens with zero attached hydrogens (tertiary/aromatic N) is 1. The Labute approximate surface area is 263 Å². The van der Waals surface area contributed by atoms with Gasteiger partial charge in [-0.25, -0.2) is 0 Å². The average Bonchev–Trinajstić information content (AvgIpc) is 3.72. The number of rotatable bonds is 3. The van der Waals surface area contributed by atoms with Crippen molar-refractivity contribution in [1.82, 2.24) is 20.9 Å². The highest BCUT2D eigenvalue weighted by Gasteiger charge is 2.71. The lowest BCUT2D eigenvalue weighted by Crippen LogP contribution is -2.60. The van der Waals surface area contributed by atoms with Crippen LogP contribution in [0.5, 0.6) is 0 Å². The minimum Gasteiger partial charge on any atom is -0.357 e. The van der Waals surface area contributed by atoms with Crippen molar-refractivity contribution in [2.75, 3.05) is 32.7 Å². The van der Waals surface area contributed by atoms with Gasteiger partial charge in [0.1, 0.15) is 17.9 Å². The fourth-order valence-electron chi connectivity index (χ4n) is 12.8. The Morgan fingerprint density at radius 2 is 1.75 bits per heavy atom. The molecule has 0 bridgehead atoms. The van der Waals surface area contributed by atoms with Gasteiger partial charge in [0, 0.05) is 62.4 Å². The predicted octanol–water partition coefficient (Wildman–Crippen LogP) is 3.74. The summed E-state index contributed by atoms with van der Waals surface area (Å²) in [4.78, 5) is 42.2. The van der Waals surface area contributed by atoms with E-state index in [0.717, 1.165) is 71.2 Å². The van der Waals surface area contributed by atoms with E-state index in [-0.39, 0.29) is 46.9 Å². The average molecular weight is 609 g/mol. The molecule has 4 saturated carbocycles. The molecule has 4 heterocycles. The Morgan fingerprint density at radius 3 is 2.48 bits per heavy atom. The highest BCUT2D eigenvalue weighted by atomic mass is 16.5. The molecule has 8 fully saturated rings. The van der Waals surface area contributed by atoms with Crippen molar-refractivity contribution in [2.24, 2.45) is 64.1 Å². The molecule has 4 aliphatic carbocycles. The van der Waals surface area contributed by atoms with Crippen molar-refractivity contribution in [3.8, 4) is 0 Å². The molecular weight excluding hydrogens is 552 g/mol. The first-order chi connectivity index (χ1) is 21.0. The summed E-state index contributed by atoms with van der Waals surface area (Å²) in [5.74, 6) is 4.82. The Balaban J connectivity index is 0.910. The number of fused-ring (bicyclic) bond motifs is 8. The molecule has 0 radical (unpaired) electrons. The molecule has 4 saturated heterocycles. The molecule has 2 amide bonds. The van der Waals surface area contributed by atoms with Crippen LogP contribution in [-0.4, -0.2) is 73.1 Å². The van der Waals surface area contributed by atoms with Gasteiger partial charge in [0.2, 0.25) is 11.8 Å². The lowest BCUT2D eigenvalue weighted by molar-refractivity contribution is -0.160. The van der Waals surface area contributed by atoms with Gasteiger partial charge in [0.15, 0.2) is 0 Å². The third-order valence-corrected chi connectivity index (χ3v) is 15.4. The molecule has 8 rings (SSSR count). The standard InChI is InChI=1S/C36H56N4O4/c1-20-7-10-36(38-15-20)21(2)33-29(44-36)12-28-26-6-5-24-11-25(8-9-34(24,3)27(26)13-30(41)35(28,33)4)39-31(42)14-32(43)40-18-22-16-37-17-23(22)19-40/h20-29,33,37-38H,5-19H2,1-4H3,(H,39,42)/t20-,21-,22?,23?,24+,25+,26+,27-,28-,29-,33-,34-,35+,36+/m0/s1. The summed E-state index contributed by atoms with van der Waals surface area (Å²) in [5, 5.41) is 10.5. The van der Waals surface area contributed by atoms with Crippen LogP contribution in [-0.2, 0) is 19.1 Å². The number of carbonyl (C=O) groups is 3. The maximum atomic E-state index is 14.4. The van der Waals surface area contributed by atoms with Crippen molar-refractivity contribution in [2.45, 2.75) is 110 Å². The van der Waals surface area contributed by atoms with Gasteiger partial charge in [-0.05, 0) is 98.2 Å². The summed E-state index contributed by atoms with van der Waals surface area (Å²) in [6.07, 6.45) is 9.55. The number of ketones is 1. The van der Waals surface area contributed by atoms with Crippen molar-refractivity contribution < 1.29 is 19.1 Å². The number of Topliss-reactive ketones (excluding diaryl/α,β-unsaturated/α-hetero) is 1. The van der Waals surface area contributed by atoms with Gasteiger partial charge in [0.25, 0.3) is 0 Å². The minimum absolute atomic E-state index is 0.0128. The van der Waals surface area contributed by atoms with Crippen molar-refractivity contribution >= 4 is 17.6 Å². The summed E-state index contributed by atoms with van der Waals surface area (Å²) in [6.45, 7) is 14.1. The van der Waals surface area contributed by atoms with Gasteiger partial charge in [-0.1, -0.05) is 27.7 Å². The monoisotopic (exact) mass is 608 g/mol. The highest BCUT2D eigenvalue weighted by molar-refractivity contribution is 5.97. The van der Waals surface area contributed by atoms with Crippen molar-refractivity contribution in [1.29, 1.82) is 0 Å². The summed E-state index contributed by atoms with van der Waals surface area (Å²) >= 11 is 0. The lowest BCUT2D eigenvalue weighted by Gasteiger charge is -2.60. The maximum Gasteiger partial charge on any atom is 0.232 e. The second-order valence-electron chi connectivity index (χ2n) is 17.4. The molecule has 8 aliphatic rings. The van der Waals surface area contributed by atoms with Crippen LogP contribution >= 0.6 is 0 Å². The number of nitrogens with one attached hydrogen (secondary N) is 3. The number of likely N-dealkylation sites (tertiary alicyclic amines) is 1. The fraction of sp³-hybridized carbons (Fsp3) is 0.917. The second-order valence-corrected chi connectivity index (χ2v) is 17.4. The quantitative estimate of drug-likeness (QED) is 0.423. The van der Waals surface area contributed by atoms with Gasteiger partial charge in [-0.15, -0.1) is 0 Å². The van der Waals surface area contributed by atoms with Gasteiger partial charge in [-0.2, -0.15) is 0 Å². The SMILES string of the molecule is C[C@H]1CC[C@@]2(NC1)O[C@H]1C[C@H]3[C@@H]4CC[C@@H]5C[C@H](NC(=O)CC(=O)N6CC7CNCC7C6)CC[C@]5(C)[C@H]4CC(=O)[C@]3(C)[C@H]1[C@@H]2C. The normalized spacial score (nSPS) is 52.7. The number of carbonyl (C=O) groups excluding carboxylic acids is 3. The Kier molecular flexibility index (Phi) is 7.13. The molecule has 244 valence electrons. The Hall–Kier alpha value is -1.51. The van der Waals surface area contributed by atoms with Gasteiger partial charge >= 0.3 is 0 Å². The summed E-state index contributed by atoms with van der Waals surface area (Å²) in [6, 6.07) is 0.138. The van der Waals surface area contributed by atoms with E-state index in [1.54, 1.807) is 0 Å². The van der Waals surface area contributed by atoms with Crippen LogP contribution < -0.4 is 16.0 Å². The zero-order chi connectivity index (χ0) is 30.6. The molecule has 3 N–H and O–H groups in total. The van der Waals surface area contributed by atoms with Crippen LogP contribution in [0.15, 0.2) is 0 Å². The van der Waals surface area contributed by atoms with Crippen LogP contribution in [0.3, 0.4) is 0 Å². The predicted molar refractivity (Wildman–Crippen MR) is 167 cm³/mol. The smallest absolute Gasteiger partial charge is 0.232 e. The molecule has 44 heavy (non-hydrogen) atoms. The summed E-state index contributed by atoms with van der Waals surface area (Å²) in [7, 11) is 0. The third kappa shape index (κ3) is 4.35. The molecule has 2 unspecified atom stereocenters. The molecule has 14 atom stereocenters. The Morgan fingerprint density at radius 1 is 0.977 bits per heavy atom. The van der Waals surface area contributed by atoms with Crippen LogP contribution in [0, 0.1) is 64.1 Å². The van der Waals surface area contributed by atoms with Crippen LogP contribution in [0.25, 0.3) is 0 Å². The molecule has 0 aromatic rings. The first-order valence-corrected chi connectivity index (χ1v) is 18.3. The summed E-state index contributed by atoms with van der Waals surface area (Å²) in [5.41, 5.74) is -0.370. The van der Waals surface area contributed by atoms with Gasteiger partial charge < -0.3 is 20.3 Å². The molecule has 8 nitrogen and oxygen atoms in total. The van der Waals surface area contributed by atoms with E-state index in [2.05, 4.69) is 43.6 Å². The molecular formula is C36H56N4O4. The van der Waals surface area contributed by atoms with E-state index in [9.17, 15) is 14.4 Å². The molecule has 0 aromatic carbocycles. The molecule has 4 aliphatic heterocycles. The third-order valence-electron chi connectivity index (χ3n) is 15.4. The van der Waals surface area contributed by atoms with Crippen LogP contribution in [0.1, 0.15) is 91.9 Å². The largest absolute Gasteiger partial charge is 0.357 e. The number of hydrogen-bond donors (Lipinski definition) is 3. The molecule has 8 heteroatoms. The van der Waals surface area contributed by atoms with E-state index in [0.29, 0.717) is 59.0 Å². The van der Waals surface area contributed by atoms with E-state index >= 15 is 0 Å². The van der Waals surface area contributed by atoms with E-state index in [4.69, 9.17) is 4.74 Å². The Bertz CT molecular complexity index is 1190. The zero-order valence-electron chi connectivity index (χ0n) is 27.5. The van der Waals surface area contributed by atoms with E-state index in [1.807, 2.05) is 4.90 Å². The number of ether oxygens (including phenoxy) is 1. The number of piperidine rings is 1. The van der Waals surface area contributed by atoms with Crippen molar-refractivity contribution in [3.63, 3.8) is 0 Å². The van der Waals surface area contributed by atoms with Crippen molar-refractivity contribution in [3.05, 3.63) is 0 Å². The second kappa shape index (κ2) is 10.5. The van der Waals surface area contributed by atoms with Crippen LogP contribution in [0.4, 0.5) is 0 Å². The fourth-order valence-corrected chi connectivity index (χ4v) is 12.8. The van der Waals surface area contributed by atoms with E-state index < -0.39 is 0 Å². The van der Waals surface area contributed by atoms with Crippen LogP contribution in [0.2, 0.25) is 0 Å². The zero-order valence-corrected chi connectivity index (χ0v) is 27.5.